The molecule has 0 unspecified atom stereocenters. The average molecular weight is 345 g/mol. The van der Waals surface area contributed by atoms with Crippen LogP contribution in [0.5, 0.6) is 0 Å². The van der Waals surface area contributed by atoms with Crippen molar-refractivity contribution < 1.29 is 14.3 Å². The predicted molar refractivity (Wildman–Crippen MR) is 82.2 cm³/mol. The summed E-state index contributed by atoms with van der Waals surface area (Å²) in [6.07, 6.45) is -0.0172. The fourth-order valence-electron chi connectivity index (χ4n) is 1.61. The minimum absolute atomic E-state index is 0.0172. The standard InChI is InChI=1S/C13H10Cl2N2O3S/c1-20-13(19)11-12(16-6-21-11)17-10(18)5-7-8(14)3-2-4-9(7)15/h2-4,6H,5H2,1H3,(H,17,18). The van der Waals surface area contributed by atoms with Gasteiger partial charge < -0.3 is 10.1 Å². The van der Waals surface area contributed by atoms with Crippen molar-refractivity contribution in [3.63, 3.8) is 0 Å². The Labute approximate surface area is 134 Å². The number of methoxy groups -OCH3 is 1. The Morgan fingerprint density at radius 2 is 2.00 bits per heavy atom. The fraction of sp³-hybridized carbons (Fsp3) is 0.154. The minimum Gasteiger partial charge on any atom is -0.465 e. The van der Waals surface area contributed by atoms with Crippen molar-refractivity contribution in [3.8, 4) is 0 Å². The second-order valence-electron chi connectivity index (χ2n) is 3.95. The van der Waals surface area contributed by atoms with Crippen LogP contribution in [0.2, 0.25) is 10.0 Å². The minimum atomic E-state index is -0.552. The van der Waals surface area contributed by atoms with Crippen LogP contribution in [0.15, 0.2) is 23.7 Å². The summed E-state index contributed by atoms with van der Waals surface area (Å²) in [7, 11) is 1.26. The van der Waals surface area contributed by atoms with Crippen molar-refractivity contribution in [2.75, 3.05) is 12.4 Å². The van der Waals surface area contributed by atoms with E-state index in [1.54, 1.807) is 18.2 Å². The molecule has 110 valence electrons. The number of rotatable bonds is 4. The third-order valence-corrected chi connectivity index (χ3v) is 4.11. The molecule has 0 radical (unpaired) electrons. The summed E-state index contributed by atoms with van der Waals surface area (Å²) >= 11 is 13.1. The molecule has 0 bridgehead atoms. The van der Waals surface area contributed by atoms with Gasteiger partial charge in [-0.25, -0.2) is 9.78 Å². The number of carbonyl (C=O) groups excluding carboxylic acids is 2. The van der Waals surface area contributed by atoms with E-state index in [1.807, 2.05) is 0 Å². The quantitative estimate of drug-likeness (QED) is 0.862. The van der Waals surface area contributed by atoms with Crippen LogP contribution in [0.3, 0.4) is 0 Å². The van der Waals surface area contributed by atoms with Crippen molar-refractivity contribution in [2.24, 2.45) is 0 Å². The smallest absolute Gasteiger partial charge is 0.351 e. The first-order chi connectivity index (χ1) is 10.0. The molecule has 2 aromatic rings. The van der Waals surface area contributed by atoms with Gasteiger partial charge in [0.25, 0.3) is 0 Å². The van der Waals surface area contributed by atoms with Gasteiger partial charge in [0, 0.05) is 10.0 Å². The lowest BCUT2D eigenvalue weighted by Gasteiger charge is -2.07. The van der Waals surface area contributed by atoms with E-state index in [0.717, 1.165) is 11.3 Å². The number of benzene rings is 1. The number of hydrogen-bond donors (Lipinski definition) is 1. The molecule has 1 N–H and O–H groups in total. The normalized spacial score (nSPS) is 10.2. The molecular formula is C13H10Cl2N2O3S. The number of amides is 1. The van der Waals surface area contributed by atoms with Crippen molar-refractivity contribution in [3.05, 3.63) is 44.2 Å². The molecule has 0 fully saturated rings. The Morgan fingerprint density at radius 3 is 2.62 bits per heavy atom. The molecule has 2 rings (SSSR count). The van der Waals surface area contributed by atoms with Crippen LogP contribution < -0.4 is 5.32 Å². The highest BCUT2D eigenvalue weighted by Gasteiger charge is 2.18. The van der Waals surface area contributed by atoms with E-state index in [1.165, 1.54) is 12.6 Å². The van der Waals surface area contributed by atoms with E-state index in [0.29, 0.717) is 15.6 Å². The first kappa shape index (κ1) is 15.8. The molecule has 1 aromatic heterocycles. The summed E-state index contributed by atoms with van der Waals surface area (Å²) < 4.78 is 4.61. The number of thiazole rings is 1. The Hall–Kier alpha value is -1.63. The van der Waals surface area contributed by atoms with Gasteiger partial charge in [-0.3, -0.25) is 4.79 Å². The number of aromatic nitrogens is 1. The fourth-order valence-corrected chi connectivity index (χ4v) is 2.80. The van der Waals surface area contributed by atoms with E-state index >= 15 is 0 Å². The van der Waals surface area contributed by atoms with Crippen molar-refractivity contribution >= 4 is 52.2 Å². The van der Waals surface area contributed by atoms with E-state index in [-0.39, 0.29) is 23.0 Å². The number of esters is 1. The number of nitrogens with one attached hydrogen (secondary N) is 1. The van der Waals surface area contributed by atoms with Gasteiger partial charge in [0.1, 0.15) is 0 Å². The lowest BCUT2D eigenvalue weighted by molar-refractivity contribution is -0.115. The third-order valence-electron chi connectivity index (χ3n) is 2.60. The molecule has 0 spiro atoms. The van der Waals surface area contributed by atoms with E-state index < -0.39 is 5.97 Å². The molecule has 21 heavy (non-hydrogen) atoms. The monoisotopic (exact) mass is 344 g/mol. The van der Waals surface area contributed by atoms with Gasteiger partial charge in [-0.15, -0.1) is 11.3 Å². The lowest BCUT2D eigenvalue weighted by Crippen LogP contribution is -2.17. The number of hydrogen-bond acceptors (Lipinski definition) is 5. The Balaban J connectivity index is 2.13. The van der Waals surface area contributed by atoms with Crippen LogP contribution in [-0.4, -0.2) is 24.0 Å². The van der Waals surface area contributed by atoms with Gasteiger partial charge in [-0.05, 0) is 17.7 Å². The maximum atomic E-state index is 12.0. The molecular weight excluding hydrogens is 335 g/mol. The summed E-state index contributed by atoms with van der Waals surface area (Å²) in [5.41, 5.74) is 1.97. The molecule has 0 atom stereocenters. The van der Waals surface area contributed by atoms with Crippen LogP contribution in [-0.2, 0) is 16.0 Å². The molecule has 0 aliphatic carbocycles. The molecule has 1 heterocycles. The number of halogens is 2. The van der Waals surface area contributed by atoms with Gasteiger partial charge in [0.15, 0.2) is 10.7 Å². The van der Waals surface area contributed by atoms with E-state index in [4.69, 9.17) is 23.2 Å². The zero-order valence-electron chi connectivity index (χ0n) is 10.9. The highest BCUT2D eigenvalue weighted by molar-refractivity contribution is 7.12. The molecule has 0 saturated heterocycles. The zero-order chi connectivity index (χ0) is 15.4. The maximum absolute atomic E-state index is 12.0. The second-order valence-corrected chi connectivity index (χ2v) is 5.62. The van der Waals surface area contributed by atoms with Gasteiger partial charge in [-0.1, -0.05) is 29.3 Å². The molecule has 0 aliphatic heterocycles. The van der Waals surface area contributed by atoms with Gasteiger partial charge in [-0.2, -0.15) is 0 Å². The topological polar surface area (TPSA) is 68.3 Å². The van der Waals surface area contributed by atoms with Crippen LogP contribution in [0, 0.1) is 0 Å². The Bertz CT molecular complexity index is 668. The number of anilines is 1. The largest absolute Gasteiger partial charge is 0.465 e. The molecule has 0 aliphatic rings. The van der Waals surface area contributed by atoms with E-state index in [9.17, 15) is 9.59 Å². The predicted octanol–water partition coefficient (Wildman–Crippen LogP) is 3.42. The first-order valence-corrected chi connectivity index (χ1v) is 7.41. The molecule has 1 aromatic carbocycles. The summed E-state index contributed by atoms with van der Waals surface area (Å²) in [5, 5.41) is 3.36. The SMILES string of the molecule is COC(=O)c1scnc1NC(=O)Cc1c(Cl)cccc1Cl. The van der Waals surface area contributed by atoms with Crippen LogP contribution in [0.25, 0.3) is 0 Å². The molecule has 8 heteroatoms. The van der Waals surface area contributed by atoms with Crippen LogP contribution in [0.1, 0.15) is 15.2 Å². The van der Waals surface area contributed by atoms with Gasteiger partial charge in [0.2, 0.25) is 5.91 Å². The van der Waals surface area contributed by atoms with Crippen LogP contribution in [0.4, 0.5) is 5.82 Å². The second kappa shape index (κ2) is 6.89. The lowest BCUT2D eigenvalue weighted by atomic mass is 10.1. The summed E-state index contributed by atoms with van der Waals surface area (Å²) in [6, 6.07) is 5.00. The highest BCUT2D eigenvalue weighted by Crippen LogP contribution is 2.25. The number of ether oxygens (including phenoxy) is 1. The van der Waals surface area contributed by atoms with E-state index in [2.05, 4.69) is 15.0 Å². The Kier molecular flexibility index (Phi) is 5.17. The summed E-state index contributed by atoms with van der Waals surface area (Å²) in [6.45, 7) is 0. The van der Waals surface area contributed by atoms with Crippen molar-refractivity contribution in [2.45, 2.75) is 6.42 Å². The van der Waals surface area contributed by atoms with Gasteiger partial charge >= 0.3 is 5.97 Å². The highest BCUT2D eigenvalue weighted by atomic mass is 35.5. The van der Waals surface area contributed by atoms with Crippen molar-refractivity contribution in [1.29, 1.82) is 0 Å². The van der Waals surface area contributed by atoms with Gasteiger partial charge in [0.05, 0.1) is 19.0 Å². The summed E-state index contributed by atoms with van der Waals surface area (Å²) in [4.78, 5) is 27.7. The van der Waals surface area contributed by atoms with Crippen molar-refractivity contribution in [1.82, 2.24) is 4.98 Å². The zero-order valence-corrected chi connectivity index (χ0v) is 13.2. The Morgan fingerprint density at radius 1 is 1.33 bits per heavy atom. The molecule has 1 amide bonds. The molecule has 5 nitrogen and oxygen atoms in total. The average Bonchev–Trinajstić information content (AvgIpc) is 2.90. The number of carbonyl (C=O) groups is 2. The number of nitrogens with zero attached hydrogens (tertiary/aromatic N) is 1. The third kappa shape index (κ3) is 3.72. The maximum Gasteiger partial charge on any atom is 0.351 e. The first-order valence-electron chi connectivity index (χ1n) is 5.77. The summed E-state index contributed by atoms with van der Waals surface area (Å²) in [5.74, 6) is -0.760. The molecule has 0 saturated carbocycles. The van der Waals surface area contributed by atoms with Crippen LogP contribution >= 0.6 is 34.5 Å².